The van der Waals surface area contributed by atoms with Gasteiger partial charge >= 0.3 is 5.69 Å². The molecule has 84 valence electrons. The molecule has 0 atom stereocenters. The van der Waals surface area contributed by atoms with Crippen molar-refractivity contribution in [1.82, 2.24) is 9.13 Å². The van der Waals surface area contributed by atoms with Gasteiger partial charge in [-0.05, 0) is 12.8 Å². The highest BCUT2D eigenvalue weighted by Crippen LogP contribution is 2.11. The molecule has 1 N–H and O–H groups in total. The van der Waals surface area contributed by atoms with Crippen molar-refractivity contribution in [1.29, 1.82) is 0 Å². The molecule has 0 aliphatic carbocycles. The Kier molecular flexibility index (Phi) is 3.34. The molecule has 0 unspecified atom stereocenters. The van der Waals surface area contributed by atoms with Gasteiger partial charge in [0.05, 0.1) is 5.56 Å². The molecule has 5 nitrogen and oxygen atoms in total. The van der Waals surface area contributed by atoms with Crippen LogP contribution in [-0.4, -0.2) is 14.2 Å². The van der Waals surface area contributed by atoms with Crippen molar-refractivity contribution in [3.8, 4) is 5.88 Å². The van der Waals surface area contributed by atoms with Crippen molar-refractivity contribution in [2.75, 3.05) is 0 Å². The Bertz CT molecular complexity index is 471. The molecule has 1 rings (SSSR count). The van der Waals surface area contributed by atoms with Crippen LogP contribution < -0.4 is 11.2 Å². The molecule has 0 saturated heterocycles. The average molecular weight is 212 g/mol. The van der Waals surface area contributed by atoms with E-state index in [2.05, 4.69) is 0 Å². The van der Waals surface area contributed by atoms with Crippen molar-refractivity contribution >= 4 is 0 Å². The monoisotopic (exact) mass is 212 g/mol. The lowest BCUT2D eigenvalue weighted by Gasteiger charge is -2.09. The zero-order valence-electron chi connectivity index (χ0n) is 9.28. The molecule has 15 heavy (non-hydrogen) atoms. The topological polar surface area (TPSA) is 64.2 Å². The largest absolute Gasteiger partial charge is 0.494 e. The maximum atomic E-state index is 11.7. The Morgan fingerprint density at radius 1 is 1.20 bits per heavy atom. The van der Waals surface area contributed by atoms with Crippen LogP contribution in [-0.2, 0) is 20.5 Å². The van der Waals surface area contributed by atoms with Gasteiger partial charge < -0.3 is 5.11 Å². The normalized spacial score (nSPS) is 10.6. The summed E-state index contributed by atoms with van der Waals surface area (Å²) in [6.07, 6.45) is 2.26. The van der Waals surface area contributed by atoms with Crippen LogP contribution >= 0.6 is 0 Å². The average Bonchev–Trinajstić information content (AvgIpc) is 2.24. The Labute approximate surface area is 87.6 Å². The van der Waals surface area contributed by atoms with Gasteiger partial charge in [0, 0.05) is 14.1 Å². The van der Waals surface area contributed by atoms with Gasteiger partial charge in [-0.3, -0.25) is 13.9 Å². The Morgan fingerprint density at radius 3 is 2.33 bits per heavy atom. The first-order valence-corrected chi connectivity index (χ1v) is 4.98. The molecule has 0 fully saturated rings. The Morgan fingerprint density at radius 2 is 1.80 bits per heavy atom. The standard InChI is InChI=1S/C10H16N2O3/c1-4-5-6-7-8(13)11(2)10(15)12(3)9(7)14/h13H,4-6H2,1-3H3. The first-order valence-electron chi connectivity index (χ1n) is 4.98. The number of hydrogen-bond acceptors (Lipinski definition) is 3. The Hall–Kier alpha value is -1.52. The summed E-state index contributed by atoms with van der Waals surface area (Å²) in [5, 5.41) is 9.66. The molecule has 1 heterocycles. The highest BCUT2D eigenvalue weighted by atomic mass is 16.3. The van der Waals surface area contributed by atoms with Gasteiger partial charge in [0.15, 0.2) is 0 Å². The van der Waals surface area contributed by atoms with Gasteiger partial charge in [-0.25, -0.2) is 4.79 Å². The summed E-state index contributed by atoms with van der Waals surface area (Å²) in [4.78, 5) is 23.1. The molecular weight excluding hydrogens is 196 g/mol. The molecule has 0 amide bonds. The fourth-order valence-electron chi connectivity index (χ4n) is 1.48. The number of aromatic nitrogens is 2. The van der Waals surface area contributed by atoms with E-state index in [-0.39, 0.29) is 5.88 Å². The molecule has 0 spiro atoms. The molecule has 5 heteroatoms. The third-order valence-corrected chi connectivity index (χ3v) is 2.50. The third kappa shape index (κ3) is 1.95. The van der Waals surface area contributed by atoms with E-state index in [0.29, 0.717) is 12.0 Å². The third-order valence-electron chi connectivity index (χ3n) is 2.50. The fraction of sp³-hybridized carbons (Fsp3) is 0.600. The van der Waals surface area contributed by atoms with Gasteiger partial charge in [0.2, 0.25) is 5.88 Å². The fourth-order valence-corrected chi connectivity index (χ4v) is 1.48. The van der Waals surface area contributed by atoms with Crippen LogP contribution in [0.2, 0.25) is 0 Å². The van der Waals surface area contributed by atoms with Crippen LogP contribution in [0.15, 0.2) is 9.59 Å². The van der Waals surface area contributed by atoms with Crippen molar-refractivity contribution in [3.05, 3.63) is 26.4 Å². The highest BCUT2D eigenvalue weighted by Gasteiger charge is 2.13. The highest BCUT2D eigenvalue weighted by molar-refractivity contribution is 5.22. The second-order valence-corrected chi connectivity index (χ2v) is 3.61. The molecule has 0 radical (unpaired) electrons. The van der Waals surface area contributed by atoms with Crippen molar-refractivity contribution in [2.24, 2.45) is 14.1 Å². The van der Waals surface area contributed by atoms with E-state index >= 15 is 0 Å². The predicted octanol–water partition coefficient (Wildman–Crippen LogP) is 0.132. The summed E-state index contributed by atoms with van der Waals surface area (Å²) in [6, 6.07) is 0. The molecule has 1 aromatic rings. The number of rotatable bonds is 3. The lowest BCUT2D eigenvalue weighted by atomic mass is 10.1. The smallest absolute Gasteiger partial charge is 0.333 e. The van der Waals surface area contributed by atoms with Gasteiger partial charge in [-0.15, -0.1) is 0 Å². The second kappa shape index (κ2) is 4.33. The first-order chi connectivity index (χ1) is 7.00. The van der Waals surface area contributed by atoms with E-state index in [1.54, 1.807) is 0 Å². The molecule has 0 saturated carbocycles. The van der Waals surface area contributed by atoms with Crippen LogP contribution in [0.3, 0.4) is 0 Å². The molecule has 0 aromatic carbocycles. The van der Waals surface area contributed by atoms with Gasteiger partial charge in [-0.1, -0.05) is 13.3 Å². The van der Waals surface area contributed by atoms with Crippen LogP contribution in [0.1, 0.15) is 25.3 Å². The minimum atomic E-state index is -0.502. The number of nitrogens with zero attached hydrogens (tertiary/aromatic N) is 2. The minimum Gasteiger partial charge on any atom is -0.494 e. The van der Waals surface area contributed by atoms with Gasteiger partial charge in [0.25, 0.3) is 5.56 Å². The van der Waals surface area contributed by atoms with Crippen LogP contribution in [0.5, 0.6) is 5.88 Å². The van der Waals surface area contributed by atoms with E-state index in [1.165, 1.54) is 14.1 Å². The lowest BCUT2D eigenvalue weighted by Crippen LogP contribution is -2.38. The number of aromatic hydroxyl groups is 1. The van der Waals surface area contributed by atoms with Crippen molar-refractivity contribution in [2.45, 2.75) is 26.2 Å². The van der Waals surface area contributed by atoms with Crippen LogP contribution in [0.4, 0.5) is 0 Å². The second-order valence-electron chi connectivity index (χ2n) is 3.61. The molecule has 0 bridgehead atoms. The maximum Gasteiger partial charge on any atom is 0.333 e. The van der Waals surface area contributed by atoms with Crippen LogP contribution in [0.25, 0.3) is 0 Å². The summed E-state index contributed by atoms with van der Waals surface area (Å²) in [5.41, 5.74) is -0.580. The first kappa shape index (κ1) is 11.6. The number of unbranched alkanes of at least 4 members (excludes halogenated alkanes) is 1. The quantitative estimate of drug-likeness (QED) is 0.774. The van der Waals surface area contributed by atoms with Gasteiger partial charge in [-0.2, -0.15) is 0 Å². The van der Waals surface area contributed by atoms with E-state index < -0.39 is 11.2 Å². The van der Waals surface area contributed by atoms with E-state index in [1.807, 2.05) is 6.92 Å². The van der Waals surface area contributed by atoms with Crippen molar-refractivity contribution in [3.63, 3.8) is 0 Å². The zero-order valence-corrected chi connectivity index (χ0v) is 9.28. The lowest BCUT2D eigenvalue weighted by molar-refractivity contribution is 0.402. The van der Waals surface area contributed by atoms with E-state index in [4.69, 9.17) is 0 Å². The molecular formula is C10H16N2O3. The van der Waals surface area contributed by atoms with Crippen LogP contribution in [0, 0.1) is 0 Å². The summed E-state index contributed by atoms with van der Waals surface area (Å²) in [7, 11) is 2.87. The molecule has 1 aromatic heterocycles. The zero-order chi connectivity index (χ0) is 11.6. The molecule has 0 aliphatic rings. The summed E-state index contributed by atoms with van der Waals surface area (Å²) in [6.45, 7) is 2.00. The minimum absolute atomic E-state index is 0.212. The molecule has 0 aliphatic heterocycles. The predicted molar refractivity (Wildman–Crippen MR) is 57.2 cm³/mol. The van der Waals surface area contributed by atoms with E-state index in [9.17, 15) is 14.7 Å². The van der Waals surface area contributed by atoms with Gasteiger partial charge in [0.1, 0.15) is 0 Å². The summed E-state index contributed by atoms with van der Waals surface area (Å²) < 4.78 is 2.11. The Balaban J connectivity index is 3.39. The number of hydrogen-bond donors (Lipinski definition) is 1. The SMILES string of the molecule is CCCCc1c(O)n(C)c(=O)n(C)c1=O. The summed E-state index contributed by atoms with van der Waals surface area (Å²) >= 11 is 0. The summed E-state index contributed by atoms with van der Waals surface area (Å²) in [5.74, 6) is -0.212. The maximum absolute atomic E-state index is 11.7. The van der Waals surface area contributed by atoms with Crippen molar-refractivity contribution < 1.29 is 5.11 Å². The van der Waals surface area contributed by atoms with E-state index in [0.717, 1.165) is 22.0 Å².